The molecular weight excluding hydrogens is 214 g/mol. The molecule has 5 nitrogen and oxygen atoms in total. The van der Waals surface area contributed by atoms with Gasteiger partial charge in [-0.2, -0.15) is 0 Å². The number of nitrogens with zero attached hydrogens (tertiary/aromatic N) is 4. The molecule has 98 valence electrons. The SMILES string of the molecule is CCCN(Cc1cn(C)nn1)CC(C)(C)CN. The maximum Gasteiger partial charge on any atom is 0.0967 e. The summed E-state index contributed by atoms with van der Waals surface area (Å²) >= 11 is 0. The van der Waals surface area contributed by atoms with Crippen LogP contribution in [0.4, 0.5) is 0 Å². The molecule has 1 rings (SSSR count). The van der Waals surface area contributed by atoms with Gasteiger partial charge in [0, 0.05) is 26.3 Å². The quantitative estimate of drug-likeness (QED) is 0.771. The van der Waals surface area contributed by atoms with Gasteiger partial charge in [-0.1, -0.05) is 26.0 Å². The molecule has 0 aliphatic carbocycles. The van der Waals surface area contributed by atoms with Gasteiger partial charge in [-0.15, -0.1) is 5.10 Å². The van der Waals surface area contributed by atoms with Crippen molar-refractivity contribution in [1.29, 1.82) is 0 Å². The molecule has 0 aliphatic rings. The summed E-state index contributed by atoms with van der Waals surface area (Å²) < 4.78 is 1.74. The Morgan fingerprint density at radius 2 is 2.18 bits per heavy atom. The Morgan fingerprint density at radius 1 is 1.47 bits per heavy atom. The largest absolute Gasteiger partial charge is 0.330 e. The minimum Gasteiger partial charge on any atom is -0.330 e. The van der Waals surface area contributed by atoms with E-state index in [1.54, 1.807) is 4.68 Å². The molecule has 1 heterocycles. The highest BCUT2D eigenvalue weighted by molar-refractivity contribution is 4.92. The van der Waals surface area contributed by atoms with E-state index in [1.807, 2.05) is 13.2 Å². The summed E-state index contributed by atoms with van der Waals surface area (Å²) in [5.74, 6) is 0. The first-order chi connectivity index (χ1) is 7.96. The summed E-state index contributed by atoms with van der Waals surface area (Å²) in [5.41, 5.74) is 6.96. The van der Waals surface area contributed by atoms with E-state index >= 15 is 0 Å². The molecule has 0 saturated carbocycles. The van der Waals surface area contributed by atoms with Gasteiger partial charge in [-0.25, -0.2) is 0 Å². The van der Waals surface area contributed by atoms with Crippen molar-refractivity contribution in [2.75, 3.05) is 19.6 Å². The van der Waals surface area contributed by atoms with Gasteiger partial charge in [-0.05, 0) is 24.9 Å². The van der Waals surface area contributed by atoms with E-state index in [9.17, 15) is 0 Å². The van der Waals surface area contributed by atoms with Gasteiger partial charge in [0.25, 0.3) is 0 Å². The molecule has 0 amide bonds. The van der Waals surface area contributed by atoms with Gasteiger partial charge >= 0.3 is 0 Å². The summed E-state index contributed by atoms with van der Waals surface area (Å²) in [5, 5.41) is 8.10. The summed E-state index contributed by atoms with van der Waals surface area (Å²) in [6, 6.07) is 0. The standard InChI is InChI=1S/C12H25N5/c1-5-6-17(10-12(2,3)9-13)8-11-7-16(4)15-14-11/h7H,5-6,8-10,13H2,1-4H3. The number of nitrogens with two attached hydrogens (primary N) is 1. The minimum absolute atomic E-state index is 0.150. The lowest BCUT2D eigenvalue weighted by Crippen LogP contribution is -2.38. The smallest absolute Gasteiger partial charge is 0.0967 e. The highest BCUT2D eigenvalue weighted by atomic mass is 15.4. The van der Waals surface area contributed by atoms with Gasteiger partial charge in [0.2, 0.25) is 0 Å². The molecule has 0 saturated heterocycles. The van der Waals surface area contributed by atoms with Crippen LogP contribution in [0.1, 0.15) is 32.9 Å². The van der Waals surface area contributed by atoms with Crippen molar-refractivity contribution in [3.8, 4) is 0 Å². The molecule has 2 N–H and O–H groups in total. The van der Waals surface area contributed by atoms with E-state index in [0.29, 0.717) is 6.54 Å². The number of hydrogen-bond acceptors (Lipinski definition) is 4. The van der Waals surface area contributed by atoms with Gasteiger partial charge in [-0.3, -0.25) is 9.58 Å². The van der Waals surface area contributed by atoms with Gasteiger partial charge in [0.05, 0.1) is 5.69 Å². The Labute approximate surface area is 104 Å². The zero-order valence-corrected chi connectivity index (χ0v) is 11.5. The molecule has 0 aromatic carbocycles. The van der Waals surface area contributed by atoms with Gasteiger partial charge in [0.15, 0.2) is 0 Å². The third-order valence-electron chi connectivity index (χ3n) is 2.78. The van der Waals surface area contributed by atoms with Crippen molar-refractivity contribution in [2.24, 2.45) is 18.2 Å². The molecule has 5 heteroatoms. The summed E-state index contributed by atoms with van der Waals surface area (Å²) in [7, 11) is 1.89. The molecule has 0 bridgehead atoms. The Bertz CT molecular complexity index is 331. The normalized spacial score (nSPS) is 12.4. The third-order valence-corrected chi connectivity index (χ3v) is 2.78. The molecule has 1 aromatic heterocycles. The maximum atomic E-state index is 5.79. The second-order valence-corrected chi connectivity index (χ2v) is 5.46. The lowest BCUT2D eigenvalue weighted by atomic mass is 9.93. The number of rotatable bonds is 7. The van der Waals surface area contributed by atoms with Gasteiger partial charge in [0.1, 0.15) is 0 Å². The second kappa shape index (κ2) is 6.12. The van der Waals surface area contributed by atoms with Crippen LogP contribution < -0.4 is 5.73 Å². The molecule has 0 fully saturated rings. The van der Waals surface area contributed by atoms with Gasteiger partial charge < -0.3 is 5.73 Å². The van der Waals surface area contributed by atoms with Crippen molar-refractivity contribution in [2.45, 2.75) is 33.7 Å². The Kier molecular flexibility index (Phi) is 5.08. The highest BCUT2D eigenvalue weighted by Gasteiger charge is 2.20. The number of hydrogen-bond donors (Lipinski definition) is 1. The average Bonchev–Trinajstić information content (AvgIpc) is 2.64. The lowest BCUT2D eigenvalue weighted by molar-refractivity contribution is 0.174. The molecule has 0 atom stereocenters. The molecule has 0 spiro atoms. The monoisotopic (exact) mass is 239 g/mol. The molecule has 0 radical (unpaired) electrons. The Balaban J connectivity index is 2.60. The van der Waals surface area contributed by atoms with Crippen LogP contribution in [0.5, 0.6) is 0 Å². The lowest BCUT2D eigenvalue weighted by Gasteiger charge is -2.31. The number of aryl methyl sites for hydroxylation is 1. The minimum atomic E-state index is 0.150. The molecule has 0 aliphatic heterocycles. The predicted octanol–water partition coefficient (Wildman–Crippen LogP) is 1.01. The zero-order chi connectivity index (χ0) is 12.9. The van der Waals surface area contributed by atoms with Crippen LogP contribution in [0.2, 0.25) is 0 Å². The van der Waals surface area contributed by atoms with Crippen LogP contribution in [0.25, 0.3) is 0 Å². The fraction of sp³-hybridized carbons (Fsp3) is 0.833. The first kappa shape index (κ1) is 14.1. The van der Waals surface area contributed by atoms with Crippen LogP contribution in [-0.4, -0.2) is 39.5 Å². The fourth-order valence-electron chi connectivity index (χ4n) is 1.90. The predicted molar refractivity (Wildman–Crippen MR) is 69.4 cm³/mol. The van der Waals surface area contributed by atoms with E-state index in [1.165, 1.54) is 0 Å². The van der Waals surface area contributed by atoms with E-state index in [-0.39, 0.29) is 5.41 Å². The summed E-state index contributed by atoms with van der Waals surface area (Å²) in [6.07, 6.45) is 3.11. The first-order valence-electron chi connectivity index (χ1n) is 6.24. The average molecular weight is 239 g/mol. The topological polar surface area (TPSA) is 60.0 Å². The fourth-order valence-corrected chi connectivity index (χ4v) is 1.90. The summed E-state index contributed by atoms with van der Waals surface area (Å²) in [6.45, 7) is 10.2. The highest BCUT2D eigenvalue weighted by Crippen LogP contribution is 2.16. The van der Waals surface area contributed by atoms with Crippen LogP contribution in [0.3, 0.4) is 0 Å². The Hall–Kier alpha value is -0.940. The first-order valence-corrected chi connectivity index (χ1v) is 6.24. The molecule has 1 aromatic rings. The van der Waals surface area contributed by atoms with E-state index < -0.39 is 0 Å². The van der Waals surface area contributed by atoms with E-state index in [4.69, 9.17) is 5.73 Å². The summed E-state index contributed by atoms with van der Waals surface area (Å²) in [4.78, 5) is 2.40. The van der Waals surface area contributed by atoms with Crippen LogP contribution in [0.15, 0.2) is 6.20 Å². The second-order valence-electron chi connectivity index (χ2n) is 5.46. The zero-order valence-electron chi connectivity index (χ0n) is 11.5. The van der Waals surface area contributed by atoms with E-state index in [0.717, 1.165) is 31.7 Å². The number of aromatic nitrogens is 3. The maximum absolute atomic E-state index is 5.79. The van der Waals surface area contributed by atoms with Crippen molar-refractivity contribution >= 4 is 0 Å². The van der Waals surface area contributed by atoms with Crippen molar-refractivity contribution < 1.29 is 0 Å². The van der Waals surface area contributed by atoms with Crippen LogP contribution in [-0.2, 0) is 13.6 Å². The third kappa shape index (κ3) is 4.83. The van der Waals surface area contributed by atoms with E-state index in [2.05, 4.69) is 36.0 Å². The van der Waals surface area contributed by atoms with Crippen LogP contribution in [0, 0.1) is 5.41 Å². The Morgan fingerprint density at radius 3 is 2.65 bits per heavy atom. The van der Waals surface area contributed by atoms with Crippen molar-refractivity contribution in [3.05, 3.63) is 11.9 Å². The molecular formula is C12H25N5. The van der Waals surface area contributed by atoms with Crippen molar-refractivity contribution in [1.82, 2.24) is 19.9 Å². The molecule has 0 unspecified atom stereocenters. The van der Waals surface area contributed by atoms with Crippen LogP contribution >= 0.6 is 0 Å². The molecule has 17 heavy (non-hydrogen) atoms. The van der Waals surface area contributed by atoms with Crippen molar-refractivity contribution in [3.63, 3.8) is 0 Å².